The van der Waals surface area contributed by atoms with Crippen LogP contribution in [0.2, 0.25) is 5.02 Å². The van der Waals surface area contributed by atoms with Gasteiger partial charge in [-0.1, -0.05) is 17.7 Å². The zero-order valence-corrected chi connectivity index (χ0v) is 12.5. The lowest BCUT2D eigenvalue weighted by Gasteiger charge is -2.10. The SMILES string of the molecule is CCOc1ccc(C(=O)Nc2cccc(Cl)c2F)cc1C. The standard InChI is InChI=1S/C16H15ClFNO2/c1-3-21-14-8-7-11(9-10(14)2)16(20)19-13-6-4-5-12(17)15(13)18/h4-9H,3H2,1-2H3,(H,19,20). The molecule has 0 spiro atoms. The van der Waals surface area contributed by atoms with Gasteiger partial charge in [0, 0.05) is 5.56 Å². The van der Waals surface area contributed by atoms with Gasteiger partial charge in [-0.2, -0.15) is 0 Å². The third kappa shape index (κ3) is 3.52. The Hall–Kier alpha value is -2.07. The average Bonchev–Trinajstić information content (AvgIpc) is 2.46. The molecule has 5 heteroatoms. The lowest BCUT2D eigenvalue weighted by atomic mass is 10.1. The summed E-state index contributed by atoms with van der Waals surface area (Å²) >= 11 is 5.68. The van der Waals surface area contributed by atoms with Crippen LogP contribution in [0.3, 0.4) is 0 Å². The average molecular weight is 308 g/mol. The van der Waals surface area contributed by atoms with Crippen molar-refractivity contribution in [2.45, 2.75) is 13.8 Å². The van der Waals surface area contributed by atoms with E-state index in [0.717, 1.165) is 11.3 Å². The number of halogens is 2. The van der Waals surface area contributed by atoms with Crippen LogP contribution in [0, 0.1) is 12.7 Å². The Morgan fingerprint density at radius 3 is 2.76 bits per heavy atom. The second kappa shape index (κ2) is 6.59. The molecule has 0 aliphatic carbocycles. The number of benzene rings is 2. The molecule has 0 heterocycles. The van der Waals surface area contributed by atoms with Crippen LogP contribution >= 0.6 is 11.6 Å². The van der Waals surface area contributed by atoms with E-state index in [4.69, 9.17) is 16.3 Å². The number of carbonyl (C=O) groups excluding carboxylic acids is 1. The second-order valence-electron chi connectivity index (χ2n) is 4.47. The summed E-state index contributed by atoms with van der Waals surface area (Å²) in [7, 11) is 0. The maximum absolute atomic E-state index is 13.8. The molecule has 0 bridgehead atoms. The molecule has 2 aromatic carbocycles. The summed E-state index contributed by atoms with van der Waals surface area (Å²) in [6.45, 7) is 4.30. The van der Waals surface area contributed by atoms with Crippen molar-refractivity contribution < 1.29 is 13.9 Å². The highest BCUT2D eigenvalue weighted by atomic mass is 35.5. The van der Waals surface area contributed by atoms with E-state index < -0.39 is 11.7 Å². The number of hydrogen-bond acceptors (Lipinski definition) is 2. The van der Waals surface area contributed by atoms with Crippen molar-refractivity contribution in [1.29, 1.82) is 0 Å². The van der Waals surface area contributed by atoms with Gasteiger partial charge in [0.15, 0.2) is 5.82 Å². The van der Waals surface area contributed by atoms with Gasteiger partial charge in [0.05, 0.1) is 17.3 Å². The molecule has 1 N–H and O–H groups in total. The van der Waals surface area contributed by atoms with Crippen LogP contribution < -0.4 is 10.1 Å². The number of rotatable bonds is 4. The van der Waals surface area contributed by atoms with Gasteiger partial charge in [-0.05, 0) is 49.7 Å². The molecule has 0 atom stereocenters. The van der Waals surface area contributed by atoms with Crippen molar-refractivity contribution in [3.05, 3.63) is 58.4 Å². The molecule has 2 aromatic rings. The minimum atomic E-state index is -0.643. The lowest BCUT2D eigenvalue weighted by Crippen LogP contribution is -2.13. The first-order valence-corrected chi connectivity index (χ1v) is 6.89. The highest BCUT2D eigenvalue weighted by Crippen LogP contribution is 2.24. The van der Waals surface area contributed by atoms with Gasteiger partial charge in [-0.15, -0.1) is 0 Å². The van der Waals surface area contributed by atoms with Crippen LogP contribution in [0.5, 0.6) is 5.75 Å². The Morgan fingerprint density at radius 2 is 2.10 bits per heavy atom. The topological polar surface area (TPSA) is 38.3 Å². The van der Waals surface area contributed by atoms with Crippen LogP contribution in [-0.4, -0.2) is 12.5 Å². The summed E-state index contributed by atoms with van der Waals surface area (Å²) in [5, 5.41) is 2.48. The molecule has 0 aromatic heterocycles. The first-order chi connectivity index (χ1) is 10.0. The molecule has 0 saturated carbocycles. The van der Waals surface area contributed by atoms with Crippen molar-refractivity contribution in [1.82, 2.24) is 0 Å². The molecule has 110 valence electrons. The van der Waals surface area contributed by atoms with Crippen LogP contribution in [0.15, 0.2) is 36.4 Å². The van der Waals surface area contributed by atoms with E-state index in [0.29, 0.717) is 12.2 Å². The maximum atomic E-state index is 13.8. The van der Waals surface area contributed by atoms with Gasteiger partial charge in [0.25, 0.3) is 5.91 Å². The predicted molar refractivity (Wildman–Crippen MR) is 81.7 cm³/mol. The number of amides is 1. The van der Waals surface area contributed by atoms with Gasteiger partial charge in [0.2, 0.25) is 0 Å². The molecule has 0 unspecified atom stereocenters. The molecule has 0 aliphatic rings. The van der Waals surface area contributed by atoms with Crippen LogP contribution in [0.4, 0.5) is 10.1 Å². The molecule has 0 aliphatic heterocycles. The summed E-state index contributed by atoms with van der Waals surface area (Å²) in [5.41, 5.74) is 1.32. The van der Waals surface area contributed by atoms with E-state index in [9.17, 15) is 9.18 Å². The third-order valence-corrected chi connectivity index (χ3v) is 3.23. The number of anilines is 1. The van der Waals surface area contributed by atoms with Crippen molar-refractivity contribution in [3.63, 3.8) is 0 Å². The lowest BCUT2D eigenvalue weighted by molar-refractivity contribution is 0.102. The van der Waals surface area contributed by atoms with Crippen molar-refractivity contribution >= 4 is 23.2 Å². The van der Waals surface area contributed by atoms with Crippen LogP contribution in [0.25, 0.3) is 0 Å². The van der Waals surface area contributed by atoms with Crippen LogP contribution in [-0.2, 0) is 0 Å². The number of ether oxygens (including phenoxy) is 1. The Balaban J connectivity index is 2.21. The summed E-state index contributed by atoms with van der Waals surface area (Å²) in [6.07, 6.45) is 0. The van der Waals surface area contributed by atoms with E-state index in [2.05, 4.69) is 5.32 Å². The molecule has 21 heavy (non-hydrogen) atoms. The van der Waals surface area contributed by atoms with Crippen molar-refractivity contribution in [2.75, 3.05) is 11.9 Å². The number of carbonyl (C=O) groups is 1. The maximum Gasteiger partial charge on any atom is 0.255 e. The fourth-order valence-corrected chi connectivity index (χ4v) is 2.08. The Kier molecular flexibility index (Phi) is 4.81. The minimum absolute atomic E-state index is 0.0318. The smallest absolute Gasteiger partial charge is 0.255 e. The van der Waals surface area contributed by atoms with E-state index in [1.807, 2.05) is 13.8 Å². The quantitative estimate of drug-likeness (QED) is 0.907. The van der Waals surface area contributed by atoms with Crippen LogP contribution in [0.1, 0.15) is 22.8 Å². The molecule has 2 rings (SSSR count). The van der Waals surface area contributed by atoms with Gasteiger partial charge < -0.3 is 10.1 Å². The highest BCUT2D eigenvalue weighted by molar-refractivity contribution is 6.31. The molecule has 1 amide bonds. The predicted octanol–water partition coefficient (Wildman–Crippen LogP) is 4.44. The fraction of sp³-hybridized carbons (Fsp3) is 0.188. The highest BCUT2D eigenvalue weighted by Gasteiger charge is 2.12. The first kappa shape index (κ1) is 15.3. The Labute approximate surface area is 127 Å². The van der Waals surface area contributed by atoms with E-state index in [-0.39, 0.29) is 10.7 Å². The zero-order valence-electron chi connectivity index (χ0n) is 11.7. The molecule has 3 nitrogen and oxygen atoms in total. The van der Waals surface area contributed by atoms with E-state index >= 15 is 0 Å². The van der Waals surface area contributed by atoms with Crippen molar-refractivity contribution in [2.24, 2.45) is 0 Å². The minimum Gasteiger partial charge on any atom is -0.494 e. The summed E-state index contributed by atoms with van der Waals surface area (Å²) < 4.78 is 19.2. The van der Waals surface area contributed by atoms with Gasteiger partial charge >= 0.3 is 0 Å². The first-order valence-electron chi connectivity index (χ1n) is 6.51. The van der Waals surface area contributed by atoms with Gasteiger partial charge in [-0.3, -0.25) is 4.79 Å². The summed E-state index contributed by atoms with van der Waals surface area (Å²) in [5.74, 6) is -0.319. The largest absolute Gasteiger partial charge is 0.494 e. The number of nitrogens with one attached hydrogen (secondary N) is 1. The van der Waals surface area contributed by atoms with Gasteiger partial charge in [-0.25, -0.2) is 4.39 Å². The fourth-order valence-electron chi connectivity index (χ4n) is 1.90. The van der Waals surface area contributed by atoms with Crippen molar-refractivity contribution in [3.8, 4) is 5.75 Å². The summed E-state index contributed by atoms with van der Waals surface area (Å²) in [4.78, 5) is 12.1. The monoisotopic (exact) mass is 307 g/mol. The summed E-state index contributed by atoms with van der Waals surface area (Å²) in [6, 6.07) is 9.51. The molecular formula is C16H15ClFNO2. The molecular weight excluding hydrogens is 293 g/mol. The Bertz CT molecular complexity index is 673. The Morgan fingerprint density at radius 1 is 1.33 bits per heavy atom. The molecule has 0 fully saturated rings. The normalized spacial score (nSPS) is 10.3. The van der Waals surface area contributed by atoms with E-state index in [1.165, 1.54) is 12.1 Å². The zero-order chi connectivity index (χ0) is 15.4. The molecule has 0 saturated heterocycles. The second-order valence-corrected chi connectivity index (χ2v) is 4.88. The number of aryl methyl sites for hydroxylation is 1. The van der Waals surface area contributed by atoms with E-state index in [1.54, 1.807) is 24.3 Å². The molecule has 0 radical (unpaired) electrons. The van der Waals surface area contributed by atoms with Gasteiger partial charge in [0.1, 0.15) is 5.75 Å². The number of hydrogen-bond donors (Lipinski definition) is 1. The third-order valence-electron chi connectivity index (χ3n) is 2.94.